The number of likely N-dealkylation sites (N-methyl/N-ethyl adjacent to an activating group) is 1. The molecule has 0 radical (unpaired) electrons. The van der Waals surface area contributed by atoms with Gasteiger partial charge in [-0.1, -0.05) is 42.5 Å². The summed E-state index contributed by atoms with van der Waals surface area (Å²) in [6.07, 6.45) is 8.18. The number of nitrogens with one attached hydrogen (secondary N) is 1. The second-order valence-corrected chi connectivity index (χ2v) is 5.66. The Morgan fingerprint density at radius 1 is 1.30 bits per heavy atom. The van der Waals surface area contributed by atoms with Crippen molar-refractivity contribution in [3.63, 3.8) is 0 Å². The van der Waals surface area contributed by atoms with Gasteiger partial charge >= 0.3 is 0 Å². The van der Waals surface area contributed by atoms with E-state index in [4.69, 9.17) is 0 Å². The second kappa shape index (κ2) is 7.25. The van der Waals surface area contributed by atoms with Gasteiger partial charge in [0.2, 0.25) is 5.91 Å². The fourth-order valence-electron chi connectivity index (χ4n) is 2.57. The molecule has 0 heterocycles. The molecule has 0 saturated carbocycles. The van der Waals surface area contributed by atoms with Crippen LogP contribution in [-0.4, -0.2) is 37.0 Å². The van der Waals surface area contributed by atoms with Crippen molar-refractivity contribution in [2.45, 2.75) is 37.8 Å². The number of nitrogens with zero attached hydrogens (tertiary/aromatic N) is 1. The lowest BCUT2D eigenvalue weighted by Gasteiger charge is -2.27. The highest BCUT2D eigenvalue weighted by Crippen LogP contribution is 2.12. The van der Waals surface area contributed by atoms with Crippen molar-refractivity contribution in [3.8, 4) is 0 Å². The number of carbonyl (C=O) groups is 1. The summed E-state index contributed by atoms with van der Waals surface area (Å²) in [4.78, 5) is 14.5. The summed E-state index contributed by atoms with van der Waals surface area (Å²) in [5.41, 5.74) is 1.20. The molecule has 1 aliphatic carbocycles. The molecule has 1 aromatic rings. The third-order valence-corrected chi connectivity index (χ3v) is 3.81. The van der Waals surface area contributed by atoms with Crippen molar-refractivity contribution < 1.29 is 4.79 Å². The lowest BCUT2D eigenvalue weighted by molar-refractivity contribution is -0.126. The van der Waals surface area contributed by atoms with Gasteiger partial charge in [0, 0.05) is 6.04 Å². The van der Waals surface area contributed by atoms with E-state index in [9.17, 15) is 4.79 Å². The van der Waals surface area contributed by atoms with Gasteiger partial charge in [0.15, 0.2) is 0 Å². The van der Waals surface area contributed by atoms with Gasteiger partial charge in [-0.25, -0.2) is 0 Å². The number of hydrogen-bond donors (Lipinski definition) is 1. The number of benzene rings is 1. The average molecular weight is 272 g/mol. The minimum atomic E-state index is -0.108. The number of amides is 1. The predicted octanol–water partition coefficient (Wildman–Crippen LogP) is 2.38. The van der Waals surface area contributed by atoms with Crippen LogP contribution in [-0.2, 0) is 11.2 Å². The van der Waals surface area contributed by atoms with Gasteiger partial charge in [0.25, 0.3) is 0 Å². The van der Waals surface area contributed by atoms with E-state index in [0.717, 1.165) is 25.7 Å². The van der Waals surface area contributed by atoms with E-state index < -0.39 is 0 Å². The molecule has 2 atom stereocenters. The zero-order valence-corrected chi connectivity index (χ0v) is 12.4. The summed E-state index contributed by atoms with van der Waals surface area (Å²) in [6.45, 7) is 0. The second-order valence-electron chi connectivity index (χ2n) is 5.66. The van der Waals surface area contributed by atoms with Gasteiger partial charge in [-0.15, -0.1) is 0 Å². The number of carbonyl (C=O) groups excluding carboxylic acids is 1. The van der Waals surface area contributed by atoms with E-state index in [1.165, 1.54) is 5.56 Å². The van der Waals surface area contributed by atoms with Crippen LogP contribution in [0, 0.1) is 0 Å². The highest BCUT2D eigenvalue weighted by Gasteiger charge is 2.23. The van der Waals surface area contributed by atoms with Crippen molar-refractivity contribution in [2.24, 2.45) is 0 Å². The molecular formula is C17H24N2O. The summed E-state index contributed by atoms with van der Waals surface area (Å²) < 4.78 is 0. The van der Waals surface area contributed by atoms with E-state index in [2.05, 4.69) is 29.6 Å². The SMILES string of the molecule is CN(C)[C@@H](Cc1ccccc1)C(=O)N[C@@H]1CC=CCC1. The Hall–Kier alpha value is -1.61. The van der Waals surface area contributed by atoms with Crippen LogP contribution in [0.2, 0.25) is 0 Å². The molecule has 1 aromatic carbocycles. The first-order valence-corrected chi connectivity index (χ1v) is 7.32. The molecule has 0 aromatic heterocycles. The molecule has 20 heavy (non-hydrogen) atoms. The van der Waals surface area contributed by atoms with Crippen molar-refractivity contribution in [1.82, 2.24) is 10.2 Å². The lowest BCUT2D eigenvalue weighted by atomic mass is 10.00. The van der Waals surface area contributed by atoms with Gasteiger partial charge in [-0.2, -0.15) is 0 Å². The van der Waals surface area contributed by atoms with Gasteiger partial charge in [0.1, 0.15) is 0 Å². The molecule has 3 heteroatoms. The summed E-state index contributed by atoms with van der Waals surface area (Å²) in [5.74, 6) is 0.138. The van der Waals surface area contributed by atoms with E-state index >= 15 is 0 Å². The highest BCUT2D eigenvalue weighted by atomic mass is 16.2. The molecule has 0 fully saturated rings. The Kier molecular flexibility index (Phi) is 5.36. The normalized spacial score (nSPS) is 19.9. The molecule has 0 saturated heterocycles. The Bertz CT molecular complexity index is 453. The van der Waals surface area contributed by atoms with Crippen LogP contribution in [0.3, 0.4) is 0 Å². The predicted molar refractivity (Wildman–Crippen MR) is 82.5 cm³/mol. The first kappa shape index (κ1) is 14.8. The third kappa shape index (κ3) is 4.20. The maximum atomic E-state index is 12.5. The van der Waals surface area contributed by atoms with Crippen LogP contribution in [0.1, 0.15) is 24.8 Å². The van der Waals surface area contributed by atoms with Gasteiger partial charge in [-0.3, -0.25) is 9.69 Å². The molecule has 0 aliphatic heterocycles. The largest absolute Gasteiger partial charge is 0.352 e. The zero-order valence-electron chi connectivity index (χ0n) is 12.4. The number of allylic oxidation sites excluding steroid dienone is 1. The minimum absolute atomic E-state index is 0.108. The highest BCUT2D eigenvalue weighted by molar-refractivity contribution is 5.82. The summed E-state index contributed by atoms with van der Waals surface area (Å²) in [5, 5.41) is 3.19. The third-order valence-electron chi connectivity index (χ3n) is 3.81. The number of rotatable bonds is 5. The molecular weight excluding hydrogens is 248 g/mol. The van der Waals surface area contributed by atoms with Crippen LogP contribution < -0.4 is 5.32 Å². The van der Waals surface area contributed by atoms with Crippen molar-refractivity contribution in [3.05, 3.63) is 48.0 Å². The number of hydrogen-bond acceptors (Lipinski definition) is 2. The maximum absolute atomic E-state index is 12.5. The topological polar surface area (TPSA) is 32.3 Å². The Morgan fingerprint density at radius 2 is 2.05 bits per heavy atom. The zero-order chi connectivity index (χ0) is 14.4. The quantitative estimate of drug-likeness (QED) is 0.835. The minimum Gasteiger partial charge on any atom is -0.352 e. The molecule has 1 N–H and O–H groups in total. The first-order chi connectivity index (χ1) is 9.66. The van der Waals surface area contributed by atoms with Crippen molar-refractivity contribution >= 4 is 5.91 Å². The standard InChI is InChI=1S/C17H24N2O/c1-19(2)16(13-14-9-5-3-6-10-14)17(20)18-15-11-7-4-8-12-15/h3-7,9-10,15-16H,8,11-13H2,1-2H3,(H,18,20)/t15-,16+/m1/s1. The fourth-order valence-corrected chi connectivity index (χ4v) is 2.57. The van der Waals surface area contributed by atoms with Crippen LogP contribution in [0.15, 0.2) is 42.5 Å². The molecule has 0 spiro atoms. The Labute approximate surface area is 121 Å². The summed E-state index contributed by atoms with van der Waals surface area (Å²) >= 11 is 0. The summed E-state index contributed by atoms with van der Waals surface area (Å²) in [6, 6.07) is 10.4. The van der Waals surface area contributed by atoms with Gasteiger partial charge in [-0.05, 0) is 45.3 Å². The molecule has 3 nitrogen and oxygen atoms in total. The van der Waals surface area contributed by atoms with Crippen molar-refractivity contribution in [1.29, 1.82) is 0 Å². The molecule has 108 valence electrons. The lowest BCUT2D eigenvalue weighted by Crippen LogP contribution is -2.48. The van der Waals surface area contributed by atoms with Gasteiger partial charge < -0.3 is 5.32 Å². The molecule has 0 bridgehead atoms. The van der Waals surface area contributed by atoms with E-state index in [-0.39, 0.29) is 11.9 Å². The van der Waals surface area contributed by atoms with E-state index in [1.54, 1.807) is 0 Å². The molecule has 1 amide bonds. The van der Waals surface area contributed by atoms with E-state index in [1.807, 2.05) is 37.2 Å². The molecule has 1 aliphatic rings. The molecule has 2 rings (SSSR count). The van der Waals surface area contributed by atoms with Crippen LogP contribution in [0.5, 0.6) is 0 Å². The van der Waals surface area contributed by atoms with E-state index in [0.29, 0.717) is 6.04 Å². The smallest absolute Gasteiger partial charge is 0.237 e. The van der Waals surface area contributed by atoms with Gasteiger partial charge in [0.05, 0.1) is 6.04 Å². The maximum Gasteiger partial charge on any atom is 0.237 e. The Morgan fingerprint density at radius 3 is 2.65 bits per heavy atom. The average Bonchev–Trinajstić information content (AvgIpc) is 2.46. The van der Waals surface area contributed by atoms with Crippen LogP contribution in [0.25, 0.3) is 0 Å². The van der Waals surface area contributed by atoms with Crippen LogP contribution in [0.4, 0.5) is 0 Å². The fraction of sp³-hybridized carbons (Fsp3) is 0.471. The molecule has 0 unspecified atom stereocenters. The first-order valence-electron chi connectivity index (χ1n) is 7.32. The monoisotopic (exact) mass is 272 g/mol. The Balaban J connectivity index is 1.97. The summed E-state index contributed by atoms with van der Waals surface area (Å²) in [7, 11) is 3.93. The van der Waals surface area contributed by atoms with Crippen molar-refractivity contribution in [2.75, 3.05) is 14.1 Å². The van der Waals surface area contributed by atoms with Crippen LogP contribution >= 0.6 is 0 Å².